The molecule has 0 fully saturated rings. The van der Waals surface area contributed by atoms with Crippen molar-refractivity contribution < 1.29 is 9.90 Å². The number of hydrogen-bond acceptors (Lipinski definition) is 6. The van der Waals surface area contributed by atoms with Gasteiger partial charge in [-0.1, -0.05) is 43.6 Å². The lowest BCUT2D eigenvalue weighted by Crippen LogP contribution is -2.50. The van der Waals surface area contributed by atoms with Crippen LogP contribution < -0.4 is 16.2 Å². The second-order valence-corrected chi connectivity index (χ2v) is 9.20. The summed E-state index contributed by atoms with van der Waals surface area (Å²) in [7, 11) is 1.86. The lowest BCUT2D eigenvalue weighted by Gasteiger charge is -2.31. The van der Waals surface area contributed by atoms with Crippen LogP contribution in [0.1, 0.15) is 61.2 Å². The minimum Gasteiger partial charge on any atom is -0.387 e. The molecule has 2 aromatic rings. The molecule has 7 nitrogen and oxygen atoms in total. The van der Waals surface area contributed by atoms with Gasteiger partial charge in [0.25, 0.3) is 5.91 Å². The maximum atomic E-state index is 13.1. The summed E-state index contributed by atoms with van der Waals surface area (Å²) >= 11 is 5.85. The molecule has 0 saturated carbocycles. The van der Waals surface area contributed by atoms with E-state index in [1.165, 1.54) is 0 Å². The number of benzene rings is 1. The van der Waals surface area contributed by atoms with Gasteiger partial charge in [0.1, 0.15) is 5.15 Å². The number of carbonyl (C=O) groups is 1. The number of pyridine rings is 1. The lowest BCUT2D eigenvalue weighted by molar-refractivity contribution is 0.0706. The van der Waals surface area contributed by atoms with Gasteiger partial charge in [0.05, 0.1) is 18.2 Å². The van der Waals surface area contributed by atoms with Crippen LogP contribution in [0.15, 0.2) is 54.4 Å². The van der Waals surface area contributed by atoms with E-state index >= 15 is 0 Å². The predicted molar refractivity (Wildman–Crippen MR) is 136 cm³/mol. The number of nitrogens with zero attached hydrogens (tertiary/aromatic N) is 2. The number of rotatable bonds is 11. The molecule has 1 aromatic heterocycles. The molecular weight excluding hydrogens is 450 g/mol. The summed E-state index contributed by atoms with van der Waals surface area (Å²) in [4.78, 5) is 19.0. The van der Waals surface area contributed by atoms with Crippen LogP contribution in [0.3, 0.4) is 0 Å². The first-order chi connectivity index (χ1) is 16.3. The monoisotopic (exact) mass is 485 g/mol. The minimum absolute atomic E-state index is 0.0158. The lowest BCUT2D eigenvalue weighted by atomic mass is 10.0. The number of amides is 1. The van der Waals surface area contributed by atoms with Crippen LogP contribution in [0.2, 0.25) is 5.15 Å². The van der Waals surface area contributed by atoms with Crippen LogP contribution in [0.5, 0.6) is 0 Å². The highest BCUT2D eigenvalue weighted by molar-refractivity contribution is 6.29. The maximum absolute atomic E-state index is 13.1. The number of likely N-dealkylation sites (N-methyl/N-ethyl adjacent to an activating group) is 1. The van der Waals surface area contributed by atoms with Crippen LogP contribution >= 0.6 is 11.6 Å². The fourth-order valence-corrected chi connectivity index (χ4v) is 4.48. The van der Waals surface area contributed by atoms with E-state index in [0.717, 1.165) is 36.1 Å². The molecule has 8 heteroatoms. The topological polar surface area (TPSA) is 89.5 Å². The number of halogens is 1. The Morgan fingerprint density at radius 1 is 1.21 bits per heavy atom. The molecule has 2 heterocycles. The summed E-state index contributed by atoms with van der Waals surface area (Å²) in [6.45, 7) is 6.86. The van der Waals surface area contributed by atoms with Gasteiger partial charge >= 0.3 is 0 Å². The highest BCUT2D eigenvalue weighted by Crippen LogP contribution is 2.20. The molecule has 0 bridgehead atoms. The Bertz CT molecular complexity index is 964. The molecule has 34 heavy (non-hydrogen) atoms. The smallest absolute Gasteiger partial charge is 0.253 e. The average Bonchev–Trinajstić information content (AvgIpc) is 3.28. The molecule has 1 aromatic carbocycles. The average molecular weight is 486 g/mol. The first-order valence-corrected chi connectivity index (χ1v) is 12.3. The second kappa shape index (κ2) is 12.3. The molecule has 0 aliphatic carbocycles. The van der Waals surface area contributed by atoms with Gasteiger partial charge in [-0.25, -0.2) is 10.4 Å². The molecule has 2 unspecified atom stereocenters. The number of hydrogen-bond donors (Lipinski definition) is 4. The van der Waals surface area contributed by atoms with Gasteiger partial charge in [-0.2, -0.15) is 0 Å². The Labute approximate surface area is 207 Å². The number of aromatic nitrogens is 1. The van der Waals surface area contributed by atoms with E-state index in [4.69, 9.17) is 11.6 Å². The number of aliphatic hydroxyl groups is 1. The summed E-state index contributed by atoms with van der Waals surface area (Å²) in [5.41, 5.74) is 10.00. The Hall–Kier alpha value is -2.45. The largest absolute Gasteiger partial charge is 0.387 e. The van der Waals surface area contributed by atoms with Crippen molar-refractivity contribution in [1.29, 1.82) is 0 Å². The number of allylic oxidation sites excluding steroid dienone is 1. The minimum atomic E-state index is -0.653. The summed E-state index contributed by atoms with van der Waals surface area (Å²) in [5, 5.41) is 14.5. The van der Waals surface area contributed by atoms with E-state index in [1.807, 2.05) is 50.1 Å². The highest BCUT2D eigenvalue weighted by atomic mass is 35.5. The Balaban J connectivity index is 1.53. The molecule has 4 N–H and O–H groups in total. The zero-order chi connectivity index (χ0) is 24.7. The van der Waals surface area contributed by atoms with E-state index in [1.54, 1.807) is 18.3 Å². The van der Waals surface area contributed by atoms with Gasteiger partial charge in [-0.05, 0) is 62.6 Å². The summed E-state index contributed by atoms with van der Waals surface area (Å²) in [6, 6.07) is 11.4. The quantitative estimate of drug-likeness (QED) is 0.363. The maximum Gasteiger partial charge on any atom is 0.253 e. The fraction of sp³-hybridized carbons (Fsp3) is 0.462. The number of nitrogens with one attached hydrogen (secondary N) is 3. The molecule has 1 amide bonds. The van der Waals surface area contributed by atoms with Crippen LogP contribution in [0.25, 0.3) is 0 Å². The molecule has 0 spiro atoms. The normalized spacial score (nSPS) is 18.1. The highest BCUT2D eigenvalue weighted by Gasteiger charge is 2.28. The van der Waals surface area contributed by atoms with Crippen molar-refractivity contribution >= 4 is 17.5 Å². The van der Waals surface area contributed by atoms with Gasteiger partial charge in [-0.3, -0.25) is 4.79 Å². The first-order valence-electron chi connectivity index (χ1n) is 11.9. The molecular formula is C26H36ClN5O2. The zero-order valence-corrected chi connectivity index (χ0v) is 21.1. The van der Waals surface area contributed by atoms with Crippen molar-refractivity contribution in [3.05, 3.63) is 76.2 Å². The van der Waals surface area contributed by atoms with Crippen molar-refractivity contribution in [2.75, 3.05) is 13.6 Å². The third-order valence-corrected chi connectivity index (χ3v) is 6.67. The second-order valence-electron chi connectivity index (χ2n) is 8.81. The Morgan fingerprint density at radius 2 is 1.94 bits per heavy atom. The van der Waals surface area contributed by atoms with Crippen LogP contribution in [-0.2, 0) is 6.42 Å². The summed E-state index contributed by atoms with van der Waals surface area (Å²) < 4.78 is 0. The van der Waals surface area contributed by atoms with Crippen LogP contribution in [-0.4, -0.2) is 52.6 Å². The fourth-order valence-electron chi connectivity index (χ4n) is 4.37. The van der Waals surface area contributed by atoms with Crippen molar-refractivity contribution in [2.45, 2.75) is 64.3 Å². The molecule has 1 aliphatic rings. The molecule has 184 valence electrons. The van der Waals surface area contributed by atoms with E-state index in [9.17, 15) is 9.90 Å². The summed E-state index contributed by atoms with van der Waals surface area (Å²) in [6.07, 6.45) is 5.52. The van der Waals surface area contributed by atoms with E-state index < -0.39 is 6.10 Å². The molecule has 3 rings (SSSR count). The van der Waals surface area contributed by atoms with Gasteiger partial charge in [-0.15, -0.1) is 0 Å². The molecule has 1 aliphatic heterocycles. The number of hydrazine groups is 1. The van der Waals surface area contributed by atoms with Gasteiger partial charge in [0.15, 0.2) is 0 Å². The standard InChI is InChI=1S/C26H36ClN5O2/c1-5-21(25(33)20-11-12-24(27)29-16-20)28-14-13-18-7-9-19(10-8-18)26(34)32(4)23(6-2)22-15-17(3)30-31-22/h7-12,15-16,21-23,25,28,30-31,33H,5-6,13-14H2,1-4H3/t21-,22?,23?,25-/m1/s1. The Morgan fingerprint density at radius 3 is 2.50 bits per heavy atom. The van der Waals surface area contributed by atoms with Gasteiger partial charge in [0, 0.05) is 36.1 Å². The van der Waals surface area contributed by atoms with Crippen LogP contribution in [0, 0.1) is 0 Å². The van der Waals surface area contributed by atoms with E-state index in [2.05, 4.69) is 34.2 Å². The van der Waals surface area contributed by atoms with Gasteiger partial charge < -0.3 is 20.7 Å². The number of carbonyl (C=O) groups excluding carboxylic acids is 1. The van der Waals surface area contributed by atoms with Crippen molar-refractivity contribution in [3.8, 4) is 0 Å². The first kappa shape index (κ1) is 26.2. The number of aliphatic hydroxyl groups excluding tert-OH is 1. The predicted octanol–water partition coefficient (Wildman–Crippen LogP) is 3.61. The van der Waals surface area contributed by atoms with E-state index in [-0.39, 0.29) is 24.0 Å². The van der Waals surface area contributed by atoms with E-state index in [0.29, 0.717) is 17.3 Å². The van der Waals surface area contributed by atoms with Gasteiger partial charge in [0.2, 0.25) is 0 Å². The van der Waals surface area contributed by atoms with Crippen molar-refractivity contribution in [1.82, 2.24) is 26.1 Å². The third kappa shape index (κ3) is 6.57. The SMILES string of the molecule is CCC(C1C=C(C)NN1)N(C)C(=O)c1ccc(CCN[C@H](CC)[C@H](O)c2ccc(Cl)nc2)cc1. The molecule has 0 radical (unpaired) electrons. The summed E-state index contributed by atoms with van der Waals surface area (Å²) in [5.74, 6) is 0.0158. The Kier molecular flexibility index (Phi) is 9.47. The third-order valence-electron chi connectivity index (χ3n) is 6.45. The zero-order valence-electron chi connectivity index (χ0n) is 20.4. The van der Waals surface area contributed by atoms with Crippen molar-refractivity contribution in [3.63, 3.8) is 0 Å². The van der Waals surface area contributed by atoms with Crippen molar-refractivity contribution in [2.24, 2.45) is 0 Å². The molecule has 0 saturated heterocycles. The van der Waals surface area contributed by atoms with Crippen LogP contribution in [0.4, 0.5) is 0 Å². The molecule has 4 atom stereocenters.